The summed E-state index contributed by atoms with van der Waals surface area (Å²) < 4.78 is 25.0. The van der Waals surface area contributed by atoms with Crippen LogP contribution in [0.5, 0.6) is 5.75 Å². The SMILES string of the molecule is COc1ccc(COC2COC(O[C@H]3C[C@H]4[C@@H]5CC=C6C[C@@H](O)CC[C@]6(C)[C@H]5CC[C@]4(C)[C@H]3[C@H](C)CCCC(C)C)C(NC(C)=O)C2O)cc1. The number of carbonyl (C=O) groups is 1. The Morgan fingerprint density at radius 2 is 1.80 bits per heavy atom. The number of hydrogen-bond donors (Lipinski definition) is 3. The molecule has 280 valence electrons. The van der Waals surface area contributed by atoms with Crippen molar-refractivity contribution in [1.82, 2.24) is 5.32 Å². The molecule has 13 atom stereocenters. The number of benzene rings is 1. The van der Waals surface area contributed by atoms with Crippen molar-refractivity contribution >= 4 is 5.91 Å². The van der Waals surface area contributed by atoms with Gasteiger partial charge in [-0.3, -0.25) is 4.79 Å². The van der Waals surface area contributed by atoms with E-state index in [0.717, 1.165) is 43.4 Å². The molecule has 6 rings (SSSR count). The minimum Gasteiger partial charge on any atom is -0.497 e. The Balaban J connectivity index is 1.22. The van der Waals surface area contributed by atoms with Crippen LogP contribution < -0.4 is 10.1 Å². The first-order valence-electron chi connectivity index (χ1n) is 19.7. The van der Waals surface area contributed by atoms with Crippen LogP contribution in [0.15, 0.2) is 35.9 Å². The van der Waals surface area contributed by atoms with Crippen LogP contribution in [-0.2, 0) is 25.6 Å². The molecular weight excluding hydrogens is 630 g/mol. The summed E-state index contributed by atoms with van der Waals surface area (Å²) in [5, 5.41) is 25.2. The molecule has 5 aliphatic rings. The molecule has 50 heavy (non-hydrogen) atoms. The normalized spacial score (nSPS) is 40.3. The van der Waals surface area contributed by atoms with Crippen molar-refractivity contribution in [1.29, 1.82) is 0 Å². The van der Waals surface area contributed by atoms with Gasteiger partial charge in [0.1, 0.15) is 24.0 Å². The van der Waals surface area contributed by atoms with Gasteiger partial charge >= 0.3 is 0 Å². The van der Waals surface area contributed by atoms with Crippen LogP contribution in [0.4, 0.5) is 0 Å². The number of nitrogens with one attached hydrogen (secondary N) is 1. The molecule has 0 aromatic heterocycles. The lowest BCUT2D eigenvalue weighted by atomic mass is 9.47. The van der Waals surface area contributed by atoms with Gasteiger partial charge in [-0.25, -0.2) is 0 Å². The molecule has 0 radical (unpaired) electrons. The number of rotatable bonds is 12. The van der Waals surface area contributed by atoms with Gasteiger partial charge in [0.15, 0.2) is 6.29 Å². The maximum atomic E-state index is 12.5. The molecule has 4 unspecified atom stereocenters. The molecule has 4 fully saturated rings. The largest absolute Gasteiger partial charge is 0.497 e. The Morgan fingerprint density at radius 3 is 2.50 bits per heavy atom. The molecule has 1 aliphatic heterocycles. The summed E-state index contributed by atoms with van der Waals surface area (Å²) in [4.78, 5) is 12.5. The van der Waals surface area contributed by atoms with Crippen molar-refractivity contribution in [2.75, 3.05) is 13.7 Å². The van der Waals surface area contributed by atoms with Crippen molar-refractivity contribution in [2.45, 2.75) is 149 Å². The number of hydrogen-bond acceptors (Lipinski definition) is 7. The standard InChI is InChI=1S/C42H65NO7/c1-25(2)9-8-10-26(3)37-35(22-34-32-16-13-29-21-30(45)17-19-41(29,5)33(32)18-20-42(34,37)6)50-40-38(43-27(4)44)39(46)36(24-49-40)48-23-28-11-14-31(47-7)15-12-28/h11-15,25-26,30,32-40,45-46H,8-10,16-24H2,1-7H3,(H,43,44)/t26-,30+,32-,33+,34+,35+,36?,37+,38?,39?,40?,41+,42+/m1/s1. The van der Waals surface area contributed by atoms with E-state index in [4.69, 9.17) is 18.9 Å². The second kappa shape index (κ2) is 15.6. The first-order chi connectivity index (χ1) is 23.8. The van der Waals surface area contributed by atoms with Crippen molar-refractivity contribution in [3.05, 3.63) is 41.5 Å². The highest BCUT2D eigenvalue weighted by atomic mass is 16.7. The highest BCUT2D eigenvalue weighted by Gasteiger charge is 2.62. The van der Waals surface area contributed by atoms with Gasteiger partial charge in [0.2, 0.25) is 5.91 Å². The number of allylic oxidation sites excluding steroid dienone is 1. The Kier molecular flexibility index (Phi) is 11.8. The number of methoxy groups -OCH3 is 1. The lowest BCUT2D eigenvalue weighted by Gasteiger charge is -2.58. The fourth-order valence-electron chi connectivity index (χ4n) is 11.4. The predicted octanol–water partition coefficient (Wildman–Crippen LogP) is 7.20. The van der Waals surface area contributed by atoms with Gasteiger partial charge in [-0.05, 0) is 109 Å². The van der Waals surface area contributed by atoms with E-state index in [9.17, 15) is 15.0 Å². The molecule has 3 N–H and O–H groups in total. The predicted molar refractivity (Wildman–Crippen MR) is 194 cm³/mol. The number of carbonyl (C=O) groups excluding carboxylic acids is 1. The summed E-state index contributed by atoms with van der Waals surface area (Å²) >= 11 is 0. The van der Waals surface area contributed by atoms with Gasteiger partial charge in [0.05, 0.1) is 32.5 Å². The van der Waals surface area contributed by atoms with Crippen molar-refractivity contribution < 1.29 is 34.0 Å². The zero-order valence-electron chi connectivity index (χ0n) is 31.7. The first kappa shape index (κ1) is 37.8. The van der Waals surface area contributed by atoms with Crippen molar-refractivity contribution in [2.24, 2.45) is 46.3 Å². The monoisotopic (exact) mass is 695 g/mol. The van der Waals surface area contributed by atoms with Crippen LogP contribution in [0.25, 0.3) is 0 Å². The summed E-state index contributed by atoms with van der Waals surface area (Å²) in [5.74, 6) is 3.82. The molecule has 0 bridgehead atoms. The van der Waals surface area contributed by atoms with Gasteiger partial charge in [-0.15, -0.1) is 0 Å². The quantitative estimate of drug-likeness (QED) is 0.199. The molecule has 1 heterocycles. The number of ether oxygens (including phenoxy) is 4. The van der Waals surface area contributed by atoms with Gasteiger partial charge < -0.3 is 34.5 Å². The van der Waals surface area contributed by atoms with Crippen LogP contribution in [0.3, 0.4) is 0 Å². The highest BCUT2D eigenvalue weighted by Crippen LogP contribution is 2.68. The van der Waals surface area contributed by atoms with E-state index in [1.54, 1.807) is 7.11 Å². The van der Waals surface area contributed by atoms with Crippen LogP contribution in [0.1, 0.15) is 111 Å². The molecule has 4 aliphatic carbocycles. The third kappa shape index (κ3) is 7.57. The number of aliphatic hydroxyl groups excluding tert-OH is 2. The lowest BCUT2D eigenvalue weighted by Crippen LogP contribution is -2.62. The first-order valence-corrected chi connectivity index (χ1v) is 19.7. The second-order valence-electron chi connectivity index (χ2n) is 17.6. The van der Waals surface area contributed by atoms with E-state index in [1.165, 1.54) is 44.6 Å². The summed E-state index contributed by atoms with van der Waals surface area (Å²) in [7, 11) is 1.64. The third-order valence-corrected chi connectivity index (χ3v) is 14.0. The Hall–Kier alpha value is -1.97. The van der Waals surface area contributed by atoms with Crippen LogP contribution in [0, 0.1) is 46.3 Å². The van der Waals surface area contributed by atoms with E-state index in [0.29, 0.717) is 42.1 Å². The minimum atomic E-state index is -0.982. The maximum Gasteiger partial charge on any atom is 0.217 e. The Morgan fingerprint density at radius 1 is 1.04 bits per heavy atom. The molecule has 8 nitrogen and oxygen atoms in total. The third-order valence-electron chi connectivity index (χ3n) is 14.0. The van der Waals surface area contributed by atoms with Gasteiger partial charge in [0, 0.05) is 6.92 Å². The Bertz CT molecular complexity index is 1330. The molecule has 8 heteroatoms. The zero-order valence-corrected chi connectivity index (χ0v) is 31.7. The molecular formula is C42H65NO7. The average molecular weight is 696 g/mol. The van der Waals surface area contributed by atoms with Crippen LogP contribution >= 0.6 is 0 Å². The van der Waals surface area contributed by atoms with Gasteiger partial charge in [0.25, 0.3) is 0 Å². The fourth-order valence-corrected chi connectivity index (χ4v) is 11.4. The maximum absolute atomic E-state index is 12.5. The highest BCUT2D eigenvalue weighted by molar-refractivity contribution is 5.73. The molecule has 1 amide bonds. The van der Waals surface area contributed by atoms with Crippen LogP contribution in [0.2, 0.25) is 0 Å². The fraction of sp³-hybridized carbons (Fsp3) is 0.786. The van der Waals surface area contributed by atoms with E-state index in [2.05, 4.69) is 46.0 Å². The van der Waals surface area contributed by atoms with E-state index < -0.39 is 24.5 Å². The number of amides is 1. The lowest BCUT2D eigenvalue weighted by molar-refractivity contribution is -0.263. The summed E-state index contributed by atoms with van der Waals surface area (Å²) in [6.45, 7) is 14.1. The smallest absolute Gasteiger partial charge is 0.217 e. The molecule has 3 saturated carbocycles. The van der Waals surface area contributed by atoms with E-state index in [1.807, 2.05) is 24.3 Å². The minimum absolute atomic E-state index is 0.0330. The van der Waals surface area contributed by atoms with Crippen molar-refractivity contribution in [3.8, 4) is 5.75 Å². The molecule has 1 saturated heterocycles. The molecule has 0 spiro atoms. The average Bonchev–Trinajstić information content (AvgIpc) is 3.38. The van der Waals surface area contributed by atoms with E-state index in [-0.39, 0.29) is 35.6 Å². The topological polar surface area (TPSA) is 106 Å². The zero-order chi connectivity index (χ0) is 35.8. The summed E-state index contributed by atoms with van der Waals surface area (Å²) in [6, 6.07) is 6.93. The molecule has 1 aromatic carbocycles. The Labute approximate surface area is 301 Å². The van der Waals surface area contributed by atoms with Gasteiger partial charge in [-0.2, -0.15) is 0 Å². The van der Waals surface area contributed by atoms with E-state index >= 15 is 0 Å². The number of aliphatic hydroxyl groups is 2. The molecule has 1 aromatic rings. The summed E-state index contributed by atoms with van der Waals surface area (Å²) in [6.07, 6.45) is 10.8. The number of fused-ring (bicyclic) bond motifs is 5. The summed E-state index contributed by atoms with van der Waals surface area (Å²) in [5.41, 5.74) is 2.77. The van der Waals surface area contributed by atoms with Crippen molar-refractivity contribution in [3.63, 3.8) is 0 Å². The van der Waals surface area contributed by atoms with Gasteiger partial charge in [-0.1, -0.05) is 77.7 Å². The van der Waals surface area contributed by atoms with Crippen LogP contribution in [-0.4, -0.2) is 66.6 Å². The second-order valence-corrected chi connectivity index (χ2v) is 17.6.